The van der Waals surface area contributed by atoms with Gasteiger partial charge in [-0.1, -0.05) is 6.92 Å². The van der Waals surface area contributed by atoms with Crippen LogP contribution in [0, 0.1) is 0 Å². The minimum atomic E-state index is -4.54. The van der Waals surface area contributed by atoms with Gasteiger partial charge in [0, 0.05) is 0 Å². The van der Waals surface area contributed by atoms with Crippen LogP contribution in [0.1, 0.15) is 20.3 Å². The highest BCUT2D eigenvalue weighted by molar-refractivity contribution is 4.81. The number of halogens is 3. The molecule has 1 unspecified atom stereocenters. The number of rotatable bonds is 4. The normalized spacial score (nSPS) is 17.5. The van der Waals surface area contributed by atoms with Crippen LogP contribution in [0.3, 0.4) is 0 Å². The van der Waals surface area contributed by atoms with E-state index in [4.69, 9.17) is 5.11 Å². The van der Waals surface area contributed by atoms with Gasteiger partial charge >= 0.3 is 6.18 Å². The third-order valence-corrected chi connectivity index (χ3v) is 1.65. The van der Waals surface area contributed by atoms with Gasteiger partial charge in [-0.3, -0.25) is 0 Å². The van der Waals surface area contributed by atoms with Crippen LogP contribution >= 0.6 is 0 Å². The second kappa shape index (κ2) is 4.09. The molecule has 74 valence electrons. The number of aliphatic hydroxyl groups is 1. The standard InChI is InChI=1S/C7H14F3NO/c1-3-11-5-4-6(2,12)7(8,9)10/h11-12H,3-5H2,1-2H3. The molecule has 0 spiro atoms. The topological polar surface area (TPSA) is 32.3 Å². The van der Waals surface area contributed by atoms with Gasteiger partial charge in [-0.25, -0.2) is 0 Å². The van der Waals surface area contributed by atoms with Crippen LogP contribution in [0.15, 0.2) is 0 Å². The molecule has 0 heterocycles. The van der Waals surface area contributed by atoms with Crippen molar-refractivity contribution in [2.24, 2.45) is 0 Å². The van der Waals surface area contributed by atoms with Crippen molar-refractivity contribution in [3.8, 4) is 0 Å². The fourth-order valence-electron chi connectivity index (χ4n) is 0.650. The molecular formula is C7H14F3NO. The molecule has 0 aromatic carbocycles. The molecule has 0 aliphatic rings. The number of hydrogen-bond donors (Lipinski definition) is 2. The van der Waals surface area contributed by atoms with Crippen molar-refractivity contribution in [3.63, 3.8) is 0 Å². The van der Waals surface area contributed by atoms with E-state index in [0.29, 0.717) is 6.54 Å². The molecule has 0 bridgehead atoms. The van der Waals surface area contributed by atoms with Gasteiger partial charge in [0.2, 0.25) is 0 Å². The molecule has 0 rings (SSSR count). The number of alkyl halides is 3. The first kappa shape index (κ1) is 11.7. The summed E-state index contributed by atoms with van der Waals surface area (Å²) in [5.41, 5.74) is -2.57. The molecule has 0 aromatic heterocycles. The van der Waals surface area contributed by atoms with E-state index in [1.165, 1.54) is 0 Å². The molecule has 0 amide bonds. The summed E-state index contributed by atoms with van der Waals surface area (Å²) in [6.07, 6.45) is -4.85. The van der Waals surface area contributed by atoms with Crippen LogP contribution < -0.4 is 5.32 Å². The van der Waals surface area contributed by atoms with Crippen LogP contribution in [-0.4, -0.2) is 30.0 Å². The SMILES string of the molecule is CCNCCC(C)(O)C(F)(F)F. The molecule has 1 atom stereocenters. The van der Waals surface area contributed by atoms with Crippen LogP contribution in [-0.2, 0) is 0 Å². The van der Waals surface area contributed by atoms with Crippen LogP contribution in [0.5, 0.6) is 0 Å². The van der Waals surface area contributed by atoms with Gasteiger partial charge in [0.15, 0.2) is 5.60 Å². The lowest BCUT2D eigenvalue weighted by Gasteiger charge is -2.26. The van der Waals surface area contributed by atoms with E-state index in [1.54, 1.807) is 6.92 Å². The smallest absolute Gasteiger partial charge is 0.381 e. The molecule has 0 aliphatic carbocycles. The summed E-state index contributed by atoms with van der Waals surface area (Å²) in [6, 6.07) is 0. The van der Waals surface area contributed by atoms with Crippen molar-refractivity contribution in [1.29, 1.82) is 0 Å². The minimum absolute atomic E-state index is 0.170. The van der Waals surface area contributed by atoms with Crippen LogP contribution in [0.4, 0.5) is 13.2 Å². The maximum absolute atomic E-state index is 12.0. The molecular weight excluding hydrogens is 171 g/mol. The first-order valence-corrected chi connectivity index (χ1v) is 3.81. The second-order valence-corrected chi connectivity index (χ2v) is 2.88. The molecule has 0 saturated carbocycles. The Hall–Kier alpha value is -0.290. The van der Waals surface area contributed by atoms with E-state index in [9.17, 15) is 13.2 Å². The van der Waals surface area contributed by atoms with E-state index in [0.717, 1.165) is 6.92 Å². The zero-order valence-electron chi connectivity index (χ0n) is 7.20. The fraction of sp³-hybridized carbons (Fsp3) is 1.00. The molecule has 12 heavy (non-hydrogen) atoms. The molecule has 0 aromatic rings. The lowest BCUT2D eigenvalue weighted by atomic mass is 10.0. The Morgan fingerprint density at radius 1 is 1.33 bits per heavy atom. The summed E-state index contributed by atoms with van der Waals surface area (Å²) in [7, 11) is 0. The largest absolute Gasteiger partial charge is 0.416 e. The van der Waals surface area contributed by atoms with Gasteiger partial charge in [-0.15, -0.1) is 0 Å². The first-order valence-electron chi connectivity index (χ1n) is 3.81. The van der Waals surface area contributed by atoms with Crippen LogP contribution in [0.2, 0.25) is 0 Å². The third-order valence-electron chi connectivity index (χ3n) is 1.65. The average molecular weight is 185 g/mol. The van der Waals surface area contributed by atoms with E-state index in [2.05, 4.69) is 5.32 Å². The highest BCUT2D eigenvalue weighted by Gasteiger charge is 2.48. The molecule has 0 radical (unpaired) electrons. The minimum Gasteiger partial charge on any atom is -0.381 e. The maximum atomic E-state index is 12.0. The quantitative estimate of drug-likeness (QED) is 0.647. The number of nitrogens with one attached hydrogen (secondary N) is 1. The molecule has 2 nitrogen and oxygen atoms in total. The first-order chi connectivity index (χ1) is 5.31. The van der Waals surface area contributed by atoms with Gasteiger partial charge in [0.05, 0.1) is 0 Å². The van der Waals surface area contributed by atoms with Gasteiger partial charge < -0.3 is 10.4 Å². The van der Waals surface area contributed by atoms with E-state index in [1.807, 2.05) is 0 Å². The summed E-state index contributed by atoms with van der Waals surface area (Å²) >= 11 is 0. The lowest BCUT2D eigenvalue weighted by molar-refractivity contribution is -0.254. The number of hydrogen-bond acceptors (Lipinski definition) is 2. The fourth-order valence-corrected chi connectivity index (χ4v) is 0.650. The zero-order chi connectivity index (χ0) is 9.83. The predicted octanol–water partition coefficient (Wildman–Crippen LogP) is 1.30. The lowest BCUT2D eigenvalue weighted by Crippen LogP contribution is -2.44. The second-order valence-electron chi connectivity index (χ2n) is 2.88. The van der Waals surface area contributed by atoms with Crippen molar-refractivity contribution in [2.45, 2.75) is 32.0 Å². The molecule has 0 saturated heterocycles. The Kier molecular flexibility index (Phi) is 3.99. The van der Waals surface area contributed by atoms with Gasteiger partial charge in [-0.2, -0.15) is 13.2 Å². The molecule has 2 N–H and O–H groups in total. The van der Waals surface area contributed by atoms with E-state index in [-0.39, 0.29) is 13.0 Å². The molecule has 5 heteroatoms. The summed E-state index contributed by atoms with van der Waals surface area (Å²) < 4.78 is 35.9. The highest BCUT2D eigenvalue weighted by atomic mass is 19.4. The van der Waals surface area contributed by atoms with Crippen molar-refractivity contribution >= 4 is 0 Å². The van der Waals surface area contributed by atoms with Gasteiger partial charge in [-0.05, 0) is 26.4 Å². The van der Waals surface area contributed by atoms with Crippen molar-refractivity contribution < 1.29 is 18.3 Å². The van der Waals surface area contributed by atoms with E-state index >= 15 is 0 Å². The monoisotopic (exact) mass is 185 g/mol. The third kappa shape index (κ3) is 3.40. The zero-order valence-corrected chi connectivity index (χ0v) is 7.20. The van der Waals surface area contributed by atoms with Crippen LogP contribution in [0.25, 0.3) is 0 Å². The summed E-state index contributed by atoms with van der Waals surface area (Å²) in [5.74, 6) is 0. The summed E-state index contributed by atoms with van der Waals surface area (Å²) in [6.45, 7) is 3.35. The van der Waals surface area contributed by atoms with Gasteiger partial charge in [0.25, 0.3) is 0 Å². The Balaban J connectivity index is 3.88. The Morgan fingerprint density at radius 2 is 1.83 bits per heavy atom. The highest BCUT2D eigenvalue weighted by Crippen LogP contribution is 2.31. The predicted molar refractivity (Wildman–Crippen MR) is 39.8 cm³/mol. The van der Waals surface area contributed by atoms with E-state index < -0.39 is 11.8 Å². The van der Waals surface area contributed by atoms with Crippen molar-refractivity contribution in [3.05, 3.63) is 0 Å². The maximum Gasteiger partial charge on any atom is 0.416 e. The molecule has 0 aliphatic heterocycles. The summed E-state index contributed by atoms with van der Waals surface area (Å²) in [5, 5.41) is 11.6. The Labute approximate surface area is 69.8 Å². The Morgan fingerprint density at radius 3 is 2.17 bits per heavy atom. The van der Waals surface area contributed by atoms with Crippen molar-refractivity contribution in [2.75, 3.05) is 13.1 Å². The van der Waals surface area contributed by atoms with Crippen molar-refractivity contribution in [1.82, 2.24) is 5.32 Å². The summed E-state index contributed by atoms with van der Waals surface area (Å²) in [4.78, 5) is 0. The Bertz CT molecular complexity index is 133. The molecule has 0 fully saturated rings. The van der Waals surface area contributed by atoms with Gasteiger partial charge in [0.1, 0.15) is 0 Å². The average Bonchev–Trinajstić information content (AvgIpc) is 1.85.